The predicted octanol–water partition coefficient (Wildman–Crippen LogP) is 6.31. The molecular formula is C30H56N2O6S2. The van der Waals surface area contributed by atoms with Crippen molar-refractivity contribution in [1.82, 2.24) is 9.80 Å². The zero-order valence-corrected chi connectivity index (χ0v) is 27.7. The number of hydrogen-bond donors (Lipinski definition) is 1. The number of ketones is 1. The number of likely N-dealkylation sites (tertiary alicyclic amines) is 2. The van der Waals surface area contributed by atoms with Gasteiger partial charge in [0.2, 0.25) is 0 Å². The first kappa shape index (κ1) is 36.9. The van der Waals surface area contributed by atoms with Crippen molar-refractivity contribution < 1.29 is 29.0 Å². The molecule has 2 aliphatic heterocycles. The Morgan fingerprint density at radius 2 is 1.12 bits per heavy atom. The summed E-state index contributed by atoms with van der Waals surface area (Å²) >= 11 is 0. The summed E-state index contributed by atoms with van der Waals surface area (Å²) in [5.41, 5.74) is -0.969. The lowest BCUT2D eigenvalue weighted by atomic mass is 9.93. The van der Waals surface area contributed by atoms with Gasteiger partial charge < -0.3 is 19.5 Å². The van der Waals surface area contributed by atoms with E-state index in [-0.39, 0.29) is 69.1 Å². The van der Waals surface area contributed by atoms with Crippen molar-refractivity contribution in [3.8, 4) is 0 Å². The Hall–Kier alpha value is -1.13. The summed E-state index contributed by atoms with van der Waals surface area (Å²) in [5.74, 6) is 0.807. The number of hydrogen-bond acceptors (Lipinski definition) is 6. The molecule has 234 valence electrons. The average molecular weight is 605 g/mol. The predicted molar refractivity (Wildman–Crippen MR) is 168 cm³/mol. The highest BCUT2D eigenvalue weighted by molar-refractivity contribution is 7.59. The summed E-state index contributed by atoms with van der Waals surface area (Å²) < 4.78 is 10.8. The minimum absolute atomic E-state index is 0. The van der Waals surface area contributed by atoms with Crippen LogP contribution in [-0.2, 0) is 14.3 Å². The summed E-state index contributed by atoms with van der Waals surface area (Å²) in [5, 5.41) is 10.5. The van der Waals surface area contributed by atoms with Gasteiger partial charge in [0, 0.05) is 19.0 Å². The van der Waals surface area contributed by atoms with Gasteiger partial charge in [0.05, 0.1) is 18.2 Å². The van der Waals surface area contributed by atoms with Crippen LogP contribution in [-0.4, -0.2) is 75.4 Å². The highest BCUT2D eigenvalue weighted by Gasteiger charge is 2.41. The number of Topliss-reactive ketones (excluding diaryl/α,β-unsaturated/α-hetero) is 1. The Morgan fingerprint density at radius 1 is 0.675 bits per heavy atom. The third-order valence-electron chi connectivity index (χ3n) is 8.17. The Balaban J connectivity index is 0.000000381. The number of amides is 2. The smallest absolute Gasteiger partial charge is 0.410 e. The second-order valence-corrected chi connectivity index (χ2v) is 13.6. The third kappa shape index (κ3) is 10.6. The van der Waals surface area contributed by atoms with Gasteiger partial charge in [-0.25, -0.2) is 9.59 Å². The second kappa shape index (κ2) is 15.9. The van der Waals surface area contributed by atoms with Crippen LogP contribution in [0.25, 0.3) is 0 Å². The van der Waals surface area contributed by atoms with Crippen LogP contribution in [0.4, 0.5) is 9.59 Å². The van der Waals surface area contributed by atoms with Crippen molar-refractivity contribution in [2.24, 2.45) is 11.8 Å². The first-order chi connectivity index (χ1) is 17.8. The summed E-state index contributed by atoms with van der Waals surface area (Å²) in [6.45, 7) is 12.6. The molecule has 2 saturated heterocycles. The molecule has 2 amide bonds. The Morgan fingerprint density at radius 3 is 1.65 bits per heavy atom. The summed E-state index contributed by atoms with van der Waals surface area (Å²) in [6.07, 6.45) is 11.5. The lowest BCUT2D eigenvalue weighted by Gasteiger charge is -2.33. The summed E-state index contributed by atoms with van der Waals surface area (Å²) in [7, 11) is 0. The SMILES string of the molecule is CC(C)(C)OC(=O)N1CCC[C@H]1C(=O)C1CCCC1.CC(C)(C)OC(=O)N1CCC[C@H]1C(O)C1CCCC1.S.S. The second-order valence-electron chi connectivity index (χ2n) is 13.6. The van der Waals surface area contributed by atoms with Gasteiger partial charge in [-0.3, -0.25) is 9.69 Å². The van der Waals surface area contributed by atoms with Crippen molar-refractivity contribution in [3.63, 3.8) is 0 Å². The van der Waals surface area contributed by atoms with Crippen molar-refractivity contribution in [3.05, 3.63) is 0 Å². The lowest BCUT2D eigenvalue weighted by molar-refractivity contribution is -0.127. The molecule has 4 rings (SSSR count). The highest BCUT2D eigenvalue weighted by atomic mass is 32.1. The van der Waals surface area contributed by atoms with E-state index in [2.05, 4.69) is 0 Å². The lowest BCUT2D eigenvalue weighted by Crippen LogP contribution is -2.47. The first-order valence-corrected chi connectivity index (χ1v) is 15.0. The number of ether oxygens (including phenoxy) is 2. The minimum atomic E-state index is -0.499. The first-order valence-electron chi connectivity index (χ1n) is 15.0. The van der Waals surface area contributed by atoms with Gasteiger partial charge >= 0.3 is 12.2 Å². The monoisotopic (exact) mass is 604 g/mol. The van der Waals surface area contributed by atoms with Crippen LogP contribution in [0.1, 0.15) is 119 Å². The average Bonchev–Trinajstić information content (AvgIpc) is 3.63. The zero-order chi connectivity index (χ0) is 28.1. The molecule has 1 unspecified atom stereocenters. The number of nitrogens with zero attached hydrogens (tertiary/aromatic N) is 2. The van der Waals surface area contributed by atoms with Crippen molar-refractivity contribution in [1.29, 1.82) is 0 Å². The highest BCUT2D eigenvalue weighted by Crippen LogP contribution is 2.34. The molecule has 0 bridgehead atoms. The molecule has 4 aliphatic rings. The molecule has 0 radical (unpaired) electrons. The van der Waals surface area contributed by atoms with Crippen LogP contribution < -0.4 is 0 Å². The summed E-state index contributed by atoms with van der Waals surface area (Å²) in [6, 6.07) is -0.282. The van der Waals surface area contributed by atoms with Crippen LogP contribution in [0.3, 0.4) is 0 Å². The number of aliphatic hydroxyl groups excluding tert-OH is 1. The molecule has 1 N–H and O–H groups in total. The van der Waals surface area contributed by atoms with Crippen LogP contribution >= 0.6 is 27.0 Å². The van der Waals surface area contributed by atoms with Gasteiger partial charge in [0.25, 0.3) is 0 Å². The van der Waals surface area contributed by atoms with E-state index >= 15 is 0 Å². The molecule has 2 saturated carbocycles. The van der Waals surface area contributed by atoms with E-state index in [0.717, 1.165) is 64.2 Å². The quantitative estimate of drug-likeness (QED) is 0.404. The van der Waals surface area contributed by atoms with Crippen molar-refractivity contribution >= 4 is 45.0 Å². The van der Waals surface area contributed by atoms with Gasteiger partial charge in [-0.1, -0.05) is 25.7 Å². The Kier molecular flexibility index (Phi) is 14.7. The number of rotatable bonds is 4. The van der Waals surface area contributed by atoms with Crippen LogP contribution in [0.2, 0.25) is 0 Å². The zero-order valence-electron chi connectivity index (χ0n) is 25.7. The van der Waals surface area contributed by atoms with Gasteiger partial charge in [0.15, 0.2) is 5.78 Å². The van der Waals surface area contributed by atoms with Crippen molar-refractivity contribution in [2.75, 3.05) is 13.1 Å². The third-order valence-corrected chi connectivity index (χ3v) is 8.17. The van der Waals surface area contributed by atoms with Gasteiger partial charge in [-0.2, -0.15) is 27.0 Å². The number of carbonyl (C=O) groups excluding carboxylic acids is 3. The molecule has 2 heterocycles. The van der Waals surface area contributed by atoms with Crippen LogP contribution in [0.5, 0.6) is 0 Å². The molecule has 0 aromatic heterocycles. The van der Waals surface area contributed by atoms with Crippen LogP contribution in [0.15, 0.2) is 0 Å². The van der Waals surface area contributed by atoms with E-state index in [9.17, 15) is 19.5 Å². The van der Waals surface area contributed by atoms with E-state index in [1.165, 1.54) is 12.8 Å². The van der Waals surface area contributed by atoms with E-state index in [1.54, 1.807) is 9.80 Å². The molecule has 8 nitrogen and oxygen atoms in total. The topological polar surface area (TPSA) is 96.4 Å². The van der Waals surface area contributed by atoms with Crippen LogP contribution in [0, 0.1) is 11.8 Å². The fraction of sp³-hybridized carbons (Fsp3) is 0.900. The van der Waals surface area contributed by atoms with E-state index in [0.29, 0.717) is 19.0 Å². The molecule has 4 fully saturated rings. The molecule has 2 aliphatic carbocycles. The van der Waals surface area contributed by atoms with Gasteiger partial charge in [-0.15, -0.1) is 0 Å². The van der Waals surface area contributed by atoms with E-state index in [4.69, 9.17) is 9.47 Å². The summed E-state index contributed by atoms with van der Waals surface area (Å²) in [4.78, 5) is 40.2. The van der Waals surface area contributed by atoms with E-state index < -0.39 is 11.2 Å². The van der Waals surface area contributed by atoms with Gasteiger partial charge in [-0.05, 0) is 98.8 Å². The van der Waals surface area contributed by atoms with E-state index in [1.807, 2.05) is 41.5 Å². The standard InChI is InChI=1S/C15H27NO3.C15H25NO3.2H2S/c2*1-15(2,3)19-14(18)16-10-6-9-12(16)13(17)11-7-4-5-8-11;;/h11-13,17H,4-10H2,1-3H3;11-12H,4-10H2,1-3H3;2*1H2/t12-,13?;12-;;/m00../s1. The number of carbonyl (C=O) groups is 3. The minimum Gasteiger partial charge on any atom is -0.444 e. The fourth-order valence-corrected chi connectivity index (χ4v) is 6.39. The maximum absolute atomic E-state index is 12.5. The molecule has 0 spiro atoms. The molecule has 10 heteroatoms. The van der Waals surface area contributed by atoms with Crippen molar-refractivity contribution in [2.45, 2.75) is 148 Å². The molecule has 40 heavy (non-hydrogen) atoms. The maximum atomic E-state index is 12.5. The molecule has 0 aromatic rings. The van der Waals surface area contributed by atoms with Gasteiger partial charge in [0.1, 0.15) is 11.2 Å². The number of aliphatic hydroxyl groups is 1. The molecular weight excluding hydrogens is 548 g/mol. The Labute approximate surface area is 256 Å². The largest absolute Gasteiger partial charge is 0.444 e. The molecule has 0 aromatic carbocycles. The molecule has 3 atom stereocenters. The Bertz CT molecular complexity index is 816. The fourth-order valence-electron chi connectivity index (χ4n) is 6.39. The maximum Gasteiger partial charge on any atom is 0.410 e. The normalized spacial score (nSPS) is 24.5.